The minimum absolute atomic E-state index is 0.943. The topological polar surface area (TPSA) is 29.7 Å². The van der Waals surface area contributed by atoms with Crippen LogP contribution in [-0.4, -0.2) is 9.97 Å². The molecule has 3 nitrogen and oxygen atoms in total. The van der Waals surface area contributed by atoms with E-state index in [4.69, 9.17) is 0 Å². The molecule has 0 unspecified atom stereocenters. The Morgan fingerprint density at radius 3 is 3.16 bits per heavy atom. The highest BCUT2D eigenvalue weighted by atomic mass is 32.1. The fourth-order valence-electron chi connectivity index (χ4n) is 2.68. The molecule has 4 aromatic heterocycles. The van der Waals surface area contributed by atoms with Gasteiger partial charge in [-0.2, -0.15) is 4.57 Å². The molecule has 0 saturated carbocycles. The van der Waals surface area contributed by atoms with Gasteiger partial charge in [0.1, 0.15) is 4.70 Å². The van der Waals surface area contributed by atoms with Crippen molar-refractivity contribution >= 4 is 42.3 Å². The van der Waals surface area contributed by atoms with Gasteiger partial charge in [-0.25, -0.2) is 4.98 Å². The van der Waals surface area contributed by atoms with Crippen LogP contribution in [0.4, 0.5) is 0 Å². The Morgan fingerprint density at radius 1 is 1.16 bits per heavy atom. The van der Waals surface area contributed by atoms with E-state index in [0.717, 1.165) is 12.2 Å². The van der Waals surface area contributed by atoms with Gasteiger partial charge in [-0.15, -0.1) is 0 Å². The van der Waals surface area contributed by atoms with Crippen molar-refractivity contribution < 1.29 is 4.57 Å². The Morgan fingerprint density at radius 2 is 2.16 bits per heavy atom. The summed E-state index contributed by atoms with van der Waals surface area (Å²) in [6.45, 7) is 0.943. The van der Waals surface area contributed by atoms with Crippen molar-refractivity contribution in [3.63, 3.8) is 0 Å². The predicted molar refractivity (Wildman–Crippen MR) is 77.5 cm³/mol. The van der Waals surface area contributed by atoms with Crippen molar-refractivity contribution in [1.82, 2.24) is 9.97 Å². The van der Waals surface area contributed by atoms with E-state index in [1.54, 1.807) is 0 Å². The second-order valence-electron chi connectivity index (χ2n) is 4.61. The third kappa shape index (κ3) is 1.19. The highest BCUT2D eigenvalue weighted by Gasteiger charge is 2.34. The summed E-state index contributed by atoms with van der Waals surface area (Å²) in [6, 6.07) is 6.30. The summed E-state index contributed by atoms with van der Waals surface area (Å²) in [5.74, 6) is 0. The van der Waals surface area contributed by atoms with E-state index in [9.17, 15) is 0 Å². The van der Waals surface area contributed by atoms with Crippen LogP contribution in [0.25, 0.3) is 30.3 Å². The number of pyridine rings is 2. The smallest absolute Gasteiger partial charge is 0.263 e. The van der Waals surface area contributed by atoms with Gasteiger partial charge in [0.2, 0.25) is 0 Å². The molecule has 0 bridgehead atoms. The molecule has 0 saturated heterocycles. The molecule has 0 fully saturated rings. The van der Waals surface area contributed by atoms with Crippen LogP contribution < -0.4 is 4.57 Å². The number of aromatic nitrogens is 3. The van der Waals surface area contributed by atoms with Gasteiger partial charge < -0.3 is 0 Å². The standard InChI is InChI=1S/C14H8N3S2/c1-2-8-7-17-13(11(8)16-4-1)19-12-9-3-5-15-6-10(9)18-14(12)17/h1-6H,7H2/q+1. The van der Waals surface area contributed by atoms with E-state index in [2.05, 4.69) is 26.7 Å². The van der Waals surface area contributed by atoms with Gasteiger partial charge in [-0.3, -0.25) is 4.98 Å². The molecule has 19 heavy (non-hydrogen) atoms. The van der Waals surface area contributed by atoms with Crippen LogP contribution in [-0.2, 0) is 6.54 Å². The fraction of sp³-hybridized carbons (Fsp3) is 0.0714. The number of hydrogen-bond donors (Lipinski definition) is 0. The molecule has 0 spiro atoms. The van der Waals surface area contributed by atoms with Gasteiger partial charge in [-0.1, -0.05) is 22.7 Å². The van der Waals surface area contributed by atoms with E-state index < -0.39 is 0 Å². The van der Waals surface area contributed by atoms with Crippen molar-refractivity contribution in [2.75, 3.05) is 0 Å². The Bertz CT molecular complexity index is 952. The Hall–Kier alpha value is -1.85. The largest absolute Gasteiger partial charge is 0.290 e. The van der Waals surface area contributed by atoms with Gasteiger partial charge in [0.25, 0.3) is 9.84 Å². The van der Waals surface area contributed by atoms with Crippen LogP contribution in [0.5, 0.6) is 0 Å². The second kappa shape index (κ2) is 3.37. The lowest BCUT2D eigenvalue weighted by molar-refractivity contribution is -0.639. The average molecular weight is 282 g/mol. The number of nitrogens with zero attached hydrogens (tertiary/aromatic N) is 3. The van der Waals surface area contributed by atoms with Crippen molar-refractivity contribution in [2.24, 2.45) is 0 Å². The summed E-state index contributed by atoms with van der Waals surface area (Å²) in [5.41, 5.74) is 2.48. The molecule has 1 aliphatic heterocycles. The van der Waals surface area contributed by atoms with E-state index in [-0.39, 0.29) is 0 Å². The third-order valence-corrected chi connectivity index (χ3v) is 6.06. The van der Waals surface area contributed by atoms with E-state index in [1.807, 2.05) is 47.3 Å². The number of hydrogen-bond acceptors (Lipinski definition) is 4. The predicted octanol–water partition coefficient (Wildman–Crippen LogP) is 3.22. The zero-order valence-corrected chi connectivity index (χ0v) is 11.5. The monoisotopic (exact) mass is 282 g/mol. The summed E-state index contributed by atoms with van der Waals surface area (Å²) in [6.07, 6.45) is 5.71. The Kier molecular flexibility index (Phi) is 1.78. The van der Waals surface area contributed by atoms with Gasteiger partial charge >= 0.3 is 0 Å². The molecule has 5 heterocycles. The highest BCUT2D eigenvalue weighted by Crippen LogP contribution is 2.41. The molecule has 0 amide bonds. The molecule has 1 aliphatic rings. The molecule has 0 atom stereocenters. The fourth-order valence-corrected chi connectivity index (χ4v) is 5.35. The second-order valence-corrected chi connectivity index (χ2v) is 6.64. The lowest BCUT2D eigenvalue weighted by Gasteiger charge is -1.88. The summed E-state index contributed by atoms with van der Waals surface area (Å²) in [5, 5.41) is 2.61. The normalized spacial score (nSPS) is 13.1. The minimum Gasteiger partial charge on any atom is -0.263 e. The first-order valence-corrected chi connectivity index (χ1v) is 7.68. The number of rotatable bonds is 0. The minimum atomic E-state index is 0.943. The first-order valence-electron chi connectivity index (χ1n) is 6.05. The Labute approximate surface area is 116 Å². The molecule has 0 aromatic carbocycles. The van der Waals surface area contributed by atoms with E-state index >= 15 is 0 Å². The van der Waals surface area contributed by atoms with Gasteiger partial charge in [-0.05, 0) is 18.2 Å². The lowest BCUT2D eigenvalue weighted by Crippen LogP contribution is -2.29. The van der Waals surface area contributed by atoms with Crippen LogP contribution in [0, 0.1) is 0 Å². The SMILES string of the molecule is c1cnc2c(c1)C[n+]1c-2sc2c3ccncc3sc21. The van der Waals surface area contributed by atoms with Crippen molar-refractivity contribution in [3.8, 4) is 10.7 Å². The first kappa shape index (κ1) is 10.00. The zero-order valence-electron chi connectivity index (χ0n) is 9.83. The first-order chi connectivity index (χ1) is 9.42. The molecular formula is C14H8N3S2+. The maximum atomic E-state index is 4.54. The van der Waals surface area contributed by atoms with Gasteiger partial charge in [0.15, 0.2) is 12.2 Å². The van der Waals surface area contributed by atoms with Crippen molar-refractivity contribution in [1.29, 1.82) is 0 Å². The third-order valence-electron chi connectivity index (χ3n) is 3.54. The molecule has 5 heteroatoms. The van der Waals surface area contributed by atoms with Gasteiger partial charge in [0.05, 0.1) is 10.3 Å². The number of thiazole rings is 1. The van der Waals surface area contributed by atoms with Crippen LogP contribution in [0.3, 0.4) is 0 Å². The Balaban J connectivity index is 1.93. The van der Waals surface area contributed by atoms with Crippen molar-refractivity contribution in [3.05, 3.63) is 42.4 Å². The van der Waals surface area contributed by atoms with Crippen LogP contribution in [0.15, 0.2) is 36.8 Å². The van der Waals surface area contributed by atoms with Gasteiger partial charge in [0, 0.05) is 24.0 Å². The van der Waals surface area contributed by atoms with Crippen molar-refractivity contribution in [2.45, 2.75) is 6.54 Å². The lowest BCUT2D eigenvalue weighted by atomic mass is 10.2. The molecule has 5 rings (SSSR count). The van der Waals surface area contributed by atoms with E-state index in [0.29, 0.717) is 0 Å². The molecule has 4 aromatic rings. The van der Waals surface area contributed by atoms with Crippen LogP contribution in [0.2, 0.25) is 0 Å². The number of thiophene rings is 1. The average Bonchev–Trinajstić information content (AvgIpc) is 3.07. The summed E-state index contributed by atoms with van der Waals surface area (Å²) in [7, 11) is 0. The summed E-state index contributed by atoms with van der Waals surface area (Å²) < 4.78 is 5.03. The molecule has 90 valence electrons. The molecule has 0 aliphatic carbocycles. The zero-order chi connectivity index (χ0) is 12.4. The van der Waals surface area contributed by atoms with Crippen LogP contribution in [0.1, 0.15) is 5.56 Å². The molecular weight excluding hydrogens is 274 g/mol. The number of fused-ring (bicyclic) bond motifs is 7. The quantitative estimate of drug-likeness (QED) is 0.408. The summed E-state index contributed by atoms with van der Waals surface area (Å²) >= 11 is 3.68. The maximum Gasteiger partial charge on any atom is 0.290 e. The van der Waals surface area contributed by atoms with E-state index in [1.165, 1.54) is 30.2 Å². The molecule has 0 radical (unpaired) electrons. The molecule has 0 N–H and O–H groups in total. The highest BCUT2D eigenvalue weighted by molar-refractivity contribution is 7.32. The summed E-state index contributed by atoms with van der Waals surface area (Å²) in [4.78, 5) is 10.1. The maximum absolute atomic E-state index is 4.54. The van der Waals surface area contributed by atoms with Crippen LogP contribution >= 0.6 is 22.7 Å².